The number of ether oxygens (including phenoxy) is 3. The van der Waals surface area contributed by atoms with Gasteiger partial charge < -0.3 is 14.2 Å². The van der Waals surface area contributed by atoms with Gasteiger partial charge in [0.15, 0.2) is 0 Å². The standard InChI is InChI=1S/C23H27NO4/c1-23(2,3)28-22(25)24-16-11-15(12-17(24)14-27-13-16)18-9-10-21(26-4)20-8-6-5-7-19(18)20/h5-11,16-17H,12-14H2,1-4H3. The van der Waals surface area contributed by atoms with E-state index in [1.807, 2.05) is 43.9 Å². The van der Waals surface area contributed by atoms with Crippen LogP contribution in [0.15, 0.2) is 42.5 Å². The molecule has 2 atom stereocenters. The van der Waals surface area contributed by atoms with Gasteiger partial charge in [0.05, 0.1) is 32.4 Å². The molecule has 2 aliphatic rings. The Morgan fingerprint density at radius 1 is 1.11 bits per heavy atom. The van der Waals surface area contributed by atoms with Crippen molar-refractivity contribution in [2.24, 2.45) is 0 Å². The second kappa shape index (κ2) is 7.13. The average molecular weight is 381 g/mol. The van der Waals surface area contributed by atoms with Crippen LogP contribution in [0.25, 0.3) is 16.3 Å². The summed E-state index contributed by atoms with van der Waals surface area (Å²) in [4.78, 5) is 14.6. The monoisotopic (exact) mass is 381 g/mol. The van der Waals surface area contributed by atoms with Gasteiger partial charge in [0.1, 0.15) is 11.4 Å². The molecular formula is C23H27NO4. The number of carbonyl (C=O) groups excluding carboxylic acids is 1. The minimum absolute atomic E-state index is 0.0190. The van der Waals surface area contributed by atoms with E-state index in [2.05, 4.69) is 24.3 Å². The van der Waals surface area contributed by atoms with Crippen molar-refractivity contribution in [3.05, 3.63) is 48.0 Å². The van der Waals surface area contributed by atoms with Crippen LogP contribution in [0.2, 0.25) is 0 Å². The van der Waals surface area contributed by atoms with Gasteiger partial charge in [-0.3, -0.25) is 4.90 Å². The first-order chi connectivity index (χ1) is 13.4. The van der Waals surface area contributed by atoms with Crippen molar-refractivity contribution < 1.29 is 19.0 Å². The molecule has 4 rings (SSSR count). The van der Waals surface area contributed by atoms with Crippen LogP contribution in [-0.4, -0.2) is 49.0 Å². The molecule has 1 amide bonds. The Morgan fingerprint density at radius 2 is 1.86 bits per heavy atom. The Morgan fingerprint density at radius 3 is 2.54 bits per heavy atom. The van der Waals surface area contributed by atoms with Crippen LogP contribution in [0, 0.1) is 0 Å². The van der Waals surface area contributed by atoms with E-state index in [1.165, 1.54) is 11.1 Å². The maximum absolute atomic E-state index is 12.8. The molecule has 2 unspecified atom stereocenters. The number of carbonyl (C=O) groups is 1. The van der Waals surface area contributed by atoms with E-state index in [9.17, 15) is 4.79 Å². The molecule has 1 saturated heterocycles. The molecule has 0 saturated carbocycles. The maximum atomic E-state index is 12.8. The van der Waals surface area contributed by atoms with Crippen LogP contribution in [0.1, 0.15) is 32.8 Å². The molecule has 0 N–H and O–H groups in total. The molecule has 2 aromatic carbocycles. The van der Waals surface area contributed by atoms with E-state index in [4.69, 9.17) is 14.2 Å². The fourth-order valence-electron chi connectivity index (χ4n) is 4.12. The maximum Gasteiger partial charge on any atom is 0.411 e. The number of nitrogens with zero attached hydrogens (tertiary/aromatic N) is 1. The van der Waals surface area contributed by atoms with Crippen LogP contribution >= 0.6 is 0 Å². The lowest BCUT2D eigenvalue weighted by atomic mass is 9.87. The van der Waals surface area contributed by atoms with Gasteiger partial charge in [0.25, 0.3) is 0 Å². The molecule has 0 spiro atoms. The lowest BCUT2D eigenvalue weighted by Crippen LogP contribution is -2.57. The van der Waals surface area contributed by atoms with E-state index in [0.717, 1.165) is 22.9 Å². The quantitative estimate of drug-likeness (QED) is 0.760. The Kier molecular flexibility index (Phi) is 4.79. The zero-order valence-corrected chi connectivity index (χ0v) is 16.9. The molecule has 2 aromatic rings. The fourth-order valence-corrected chi connectivity index (χ4v) is 4.12. The van der Waals surface area contributed by atoms with Gasteiger partial charge in [-0.25, -0.2) is 4.79 Å². The molecule has 2 bridgehead atoms. The van der Waals surface area contributed by atoms with Gasteiger partial charge in [-0.15, -0.1) is 0 Å². The van der Waals surface area contributed by atoms with E-state index < -0.39 is 5.60 Å². The first kappa shape index (κ1) is 18.8. The largest absolute Gasteiger partial charge is 0.496 e. The second-order valence-electron chi connectivity index (χ2n) is 8.40. The van der Waals surface area contributed by atoms with Gasteiger partial charge >= 0.3 is 6.09 Å². The van der Waals surface area contributed by atoms with Crippen molar-refractivity contribution in [2.45, 2.75) is 44.9 Å². The lowest BCUT2D eigenvalue weighted by molar-refractivity contribution is -0.0510. The summed E-state index contributed by atoms with van der Waals surface area (Å²) < 4.78 is 16.9. The highest BCUT2D eigenvalue weighted by molar-refractivity contribution is 5.98. The first-order valence-electron chi connectivity index (χ1n) is 9.73. The number of methoxy groups -OCH3 is 1. The van der Waals surface area contributed by atoms with Crippen molar-refractivity contribution in [3.63, 3.8) is 0 Å². The van der Waals surface area contributed by atoms with Crippen LogP contribution < -0.4 is 4.74 Å². The number of benzene rings is 2. The number of hydrogen-bond donors (Lipinski definition) is 0. The van der Waals surface area contributed by atoms with Crippen molar-refractivity contribution in [1.29, 1.82) is 0 Å². The Labute approximate surface area is 165 Å². The highest BCUT2D eigenvalue weighted by Crippen LogP contribution is 2.38. The Balaban J connectivity index is 1.72. The van der Waals surface area contributed by atoms with E-state index in [1.54, 1.807) is 7.11 Å². The number of morpholine rings is 1. The van der Waals surface area contributed by atoms with Crippen LogP contribution in [0.4, 0.5) is 4.79 Å². The molecular weight excluding hydrogens is 354 g/mol. The minimum atomic E-state index is -0.511. The summed E-state index contributed by atoms with van der Waals surface area (Å²) in [5, 5.41) is 2.26. The Hall–Kier alpha value is -2.53. The molecule has 5 heteroatoms. The number of rotatable bonds is 2. The number of amides is 1. The summed E-state index contributed by atoms with van der Waals surface area (Å²) in [6.45, 7) is 6.71. The molecule has 0 radical (unpaired) electrons. The highest BCUT2D eigenvalue weighted by Gasteiger charge is 2.40. The van der Waals surface area contributed by atoms with Gasteiger partial charge in [-0.1, -0.05) is 36.4 Å². The molecule has 2 aliphatic heterocycles. The van der Waals surface area contributed by atoms with Crippen molar-refractivity contribution >= 4 is 22.4 Å². The molecule has 148 valence electrons. The van der Waals surface area contributed by atoms with Gasteiger partial charge in [0.2, 0.25) is 0 Å². The topological polar surface area (TPSA) is 48.0 Å². The van der Waals surface area contributed by atoms with Crippen LogP contribution in [0.3, 0.4) is 0 Å². The minimum Gasteiger partial charge on any atom is -0.496 e. The third kappa shape index (κ3) is 3.47. The highest BCUT2D eigenvalue weighted by atomic mass is 16.6. The molecule has 0 aliphatic carbocycles. The van der Waals surface area contributed by atoms with Crippen LogP contribution in [0.5, 0.6) is 5.75 Å². The van der Waals surface area contributed by atoms with Crippen molar-refractivity contribution in [3.8, 4) is 5.75 Å². The van der Waals surface area contributed by atoms with E-state index in [-0.39, 0.29) is 18.2 Å². The van der Waals surface area contributed by atoms with Crippen LogP contribution in [-0.2, 0) is 9.47 Å². The third-order valence-electron chi connectivity index (χ3n) is 5.25. The summed E-state index contributed by atoms with van der Waals surface area (Å²) in [6, 6.07) is 12.3. The van der Waals surface area contributed by atoms with Gasteiger partial charge in [-0.2, -0.15) is 0 Å². The smallest absolute Gasteiger partial charge is 0.411 e. The lowest BCUT2D eigenvalue weighted by Gasteiger charge is -2.44. The van der Waals surface area contributed by atoms with E-state index in [0.29, 0.717) is 13.2 Å². The molecule has 1 fully saturated rings. The third-order valence-corrected chi connectivity index (χ3v) is 5.25. The molecule has 2 heterocycles. The molecule has 0 aromatic heterocycles. The summed E-state index contributed by atoms with van der Waals surface area (Å²) in [7, 11) is 1.70. The van der Waals surface area contributed by atoms with Gasteiger partial charge in [-0.05, 0) is 49.8 Å². The summed E-state index contributed by atoms with van der Waals surface area (Å²) in [5.41, 5.74) is 1.93. The second-order valence-corrected chi connectivity index (χ2v) is 8.40. The summed E-state index contributed by atoms with van der Waals surface area (Å²) in [6.07, 6.45) is 2.64. The van der Waals surface area contributed by atoms with Crippen molar-refractivity contribution in [1.82, 2.24) is 4.90 Å². The molecule has 5 nitrogen and oxygen atoms in total. The number of fused-ring (bicyclic) bond motifs is 3. The zero-order chi connectivity index (χ0) is 19.9. The predicted molar refractivity (Wildman–Crippen MR) is 110 cm³/mol. The van der Waals surface area contributed by atoms with E-state index >= 15 is 0 Å². The molecule has 28 heavy (non-hydrogen) atoms. The summed E-state index contributed by atoms with van der Waals surface area (Å²) >= 11 is 0. The SMILES string of the molecule is COc1ccc(C2=CC3COCC(C2)N3C(=O)OC(C)(C)C)c2ccccc12. The average Bonchev–Trinajstić information content (AvgIpc) is 2.64. The zero-order valence-electron chi connectivity index (χ0n) is 16.9. The normalized spacial score (nSPS) is 22.0. The fraction of sp³-hybridized carbons (Fsp3) is 0.435. The first-order valence-corrected chi connectivity index (χ1v) is 9.73. The predicted octanol–water partition coefficient (Wildman–Crippen LogP) is 4.64. The Bertz CT molecular complexity index is 928. The van der Waals surface area contributed by atoms with Gasteiger partial charge in [0, 0.05) is 5.39 Å². The summed E-state index contributed by atoms with van der Waals surface area (Å²) in [5.74, 6) is 0.870. The van der Waals surface area contributed by atoms with Crippen molar-refractivity contribution in [2.75, 3.05) is 20.3 Å². The number of hydrogen-bond acceptors (Lipinski definition) is 4.